The fraction of sp³-hybridized carbons (Fsp3) is 0.382. The fourth-order valence-electron chi connectivity index (χ4n) is 6.75. The molecule has 4 atom stereocenters. The molecule has 2 bridgehead atoms. The van der Waals surface area contributed by atoms with Crippen molar-refractivity contribution in [2.45, 2.75) is 63.5 Å². The van der Waals surface area contributed by atoms with Crippen LogP contribution < -0.4 is 4.74 Å². The monoisotopic (exact) mass is 584 g/mol. The number of hydrogen-bond acceptors (Lipinski definition) is 5. The third-order valence-electron chi connectivity index (χ3n) is 8.86. The van der Waals surface area contributed by atoms with Crippen LogP contribution in [0.2, 0.25) is 0 Å². The second-order valence-electron chi connectivity index (χ2n) is 11.6. The van der Waals surface area contributed by atoms with Crippen molar-refractivity contribution in [3.63, 3.8) is 0 Å². The highest BCUT2D eigenvalue weighted by Crippen LogP contribution is 2.52. The molecule has 2 fully saturated rings. The number of nitrogens with zero attached hydrogens (tertiary/aromatic N) is 4. The number of fused-ring (bicyclic) bond motifs is 2. The Labute approximate surface area is 251 Å². The quantitative estimate of drug-likeness (QED) is 0.163. The smallest absolute Gasteiger partial charge is 0.233 e. The standard InChI is InChI=1S/C34H37FN4O2S/c1-24(29-19-27-16-17-28(29)18-27)39-32(22-41-31-15-9-8-14-30(31)35)36-37-34(39)42-23-33(40)38(20-25-10-4-2-5-11-25)21-26-12-6-3-7-13-26/h2-15,24,27-29H,16-23H2,1H3/t24-,27-,28-,29+/m1/s1. The number of thioether (sulfide) groups is 1. The molecule has 0 radical (unpaired) electrons. The molecule has 3 aromatic carbocycles. The lowest BCUT2D eigenvalue weighted by Crippen LogP contribution is -2.31. The van der Waals surface area contributed by atoms with Gasteiger partial charge < -0.3 is 9.64 Å². The lowest BCUT2D eigenvalue weighted by molar-refractivity contribution is -0.129. The van der Waals surface area contributed by atoms with Crippen LogP contribution in [-0.2, 0) is 24.5 Å². The van der Waals surface area contributed by atoms with E-state index in [1.807, 2.05) is 65.6 Å². The molecule has 1 aromatic heterocycles. The molecule has 218 valence electrons. The first kappa shape index (κ1) is 28.5. The minimum atomic E-state index is -0.401. The van der Waals surface area contributed by atoms with Gasteiger partial charge in [0.1, 0.15) is 6.61 Å². The molecule has 0 spiro atoms. The van der Waals surface area contributed by atoms with Crippen LogP contribution >= 0.6 is 11.8 Å². The molecule has 2 saturated carbocycles. The molecule has 4 aromatic rings. The maximum atomic E-state index is 14.3. The van der Waals surface area contributed by atoms with Gasteiger partial charge in [0, 0.05) is 19.1 Å². The third-order valence-corrected chi connectivity index (χ3v) is 9.79. The number of carbonyl (C=O) groups is 1. The minimum absolute atomic E-state index is 0.0407. The first-order valence-electron chi connectivity index (χ1n) is 14.8. The summed E-state index contributed by atoms with van der Waals surface area (Å²) in [6.07, 6.45) is 5.11. The Balaban J connectivity index is 1.21. The maximum absolute atomic E-state index is 14.3. The zero-order valence-corrected chi connectivity index (χ0v) is 24.8. The van der Waals surface area contributed by atoms with Crippen molar-refractivity contribution >= 4 is 17.7 Å². The summed E-state index contributed by atoms with van der Waals surface area (Å²) in [4.78, 5) is 15.6. The molecule has 8 heteroatoms. The molecule has 2 aliphatic carbocycles. The lowest BCUT2D eigenvalue weighted by atomic mass is 9.84. The van der Waals surface area contributed by atoms with Gasteiger partial charge in [-0.05, 0) is 67.2 Å². The van der Waals surface area contributed by atoms with Crippen LogP contribution in [-0.4, -0.2) is 31.3 Å². The van der Waals surface area contributed by atoms with Gasteiger partial charge in [0.2, 0.25) is 5.91 Å². The van der Waals surface area contributed by atoms with Gasteiger partial charge in [0.25, 0.3) is 0 Å². The summed E-state index contributed by atoms with van der Waals surface area (Å²) >= 11 is 1.43. The van der Waals surface area contributed by atoms with E-state index in [-0.39, 0.29) is 30.1 Å². The highest BCUT2D eigenvalue weighted by Gasteiger charge is 2.43. The van der Waals surface area contributed by atoms with E-state index in [4.69, 9.17) is 4.74 Å². The molecule has 0 saturated heterocycles. The van der Waals surface area contributed by atoms with Crippen LogP contribution in [0.3, 0.4) is 0 Å². The van der Waals surface area contributed by atoms with E-state index in [1.165, 1.54) is 43.5 Å². The van der Waals surface area contributed by atoms with Gasteiger partial charge in [0.15, 0.2) is 22.5 Å². The Kier molecular flexibility index (Phi) is 8.89. The molecule has 2 aliphatic rings. The number of rotatable bonds is 12. The molecule has 1 heterocycles. The molecule has 0 N–H and O–H groups in total. The van der Waals surface area contributed by atoms with Gasteiger partial charge in [-0.3, -0.25) is 9.36 Å². The third kappa shape index (κ3) is 6.54. The molecule has 42 heavy (non-hydrogen) atoms. The fourth-order valence-corrected chi connectivity index (χ4v) is 7.70. The second kappa shape index (κ2) is 13.1. The van der Waals surface area contributed by atoms with Crippen molar-refractivity contribution in [2.75, 3.05) is 5.75 Å². The number of para-hydroxylation sites is 1. The van der Waals surface area contributed by atoms with Crippen molar-refractivity contribution in [3.8, 4) is 5.75 Å². The van der Waals surface area contributed by atoms with Crippen LogP contribution in [0.1, 0.15) is 55.6 Å². The lowest BCUT2D eigenvalue weighted by Gasteiger charge is -2.30. The van der Waals surface area contributed by atoms with Gasteiger partial charge in [0.05, 0.1) is 5.75 Å². The van der Waals surface area contributed by atoms with Crippen molar-refractivity contribution in [2.24, 2.45) is 17.8 Å². The first-order chi connectivity index (χ1) is 20.5. The predicted octanol–water partition coefficient (Wildman–Crippen LogP) is 7.31. The number of halogens is 1. The number of ether oxygens (including phenoxy) is 1. The predicted molar refractivity (Wildman–Crippen MR) is 162 cm³/mol. The average Bonchev–Trinajstić information content (AvgIpc) is 3.76. The van der Waals surface area contributed by atoms with Gasteiger partial charge in [-0.2, -0.15) is 0 Å². The molecular weight excluding hydrogens is 547 g/mol. The normalized spacial score (nSPS) is 20.0. The minimum Gasteiger partial charge on any atom is -0.483 e. The summed E-state index contributed by atoms with van der Waals surface area (Å²) in [5.74, 6) is 2.79. The summed E-state index contributed by atoms with van der Waals surface area (Å²) in [6.45, 7) is 3.42. The summed E-state index contributed by atoms with van der Waals surface area (Å²) in [5.41, 5.74) is 2.18. The van der Waals surface area contributed by atoms with E-state index in [9.17, 15) is 9.18 Å². The summed E-state index contributed by atoms with van der Waals surface area (Å²) < 4.78 is 22.3. The summed E-state index contributed by atoms with van der Waals surface area (Å²) in [7, 11) is 0. The molecule has 0 unspecified atom stereocenters. The van der Waals surface area contributed by atoms with E-state index in [1.54, 1.807) is 18.2 Å². The molecular formula is C34H37FN4O2S. The Morgan fingerprint density at radius 1 is 0.952 bits per heavy atom. The largest absolute Gasteiger partial charge is 0.483 e. The van der Waals surface area contributed by atoms with Gasteiger partial charge >= 0.3 is 0 Å². The average molecular weight is 585 g/mol. The van der Waals surface area contributed by atoms with E-state index in [0.717, 1.165) is 17.0 Å². The Hall–Kier alpha value is -3.65. The van der Waals surface area contributed by atoms with Crippen molar-refractivity contribution < 1.29 is 13.9 Å². The van der Waals surface area contributed by atoms with Gasteiger partial charge in [-0.25, -0.2) is 4.39 Å². The number of hydrogen-bond donors (Lipinski definition) is 0. The first-order valence-corrected chi connectivity index (χ1v) is 15.8. The van der Waals surface area contributed by atoms with Gasteiger partial charge in [-0.1, -0.05) is 91.0 Å². The Morgan fingerprint density at radius 3 is 2.24 bits per heavy atom. The van der Waals surface area contributed by atoms with Crippen LogP contribution in [0, 0.1) is 23.6 Å². The Morgan fingerprint density at radius 2 is 1.62 bits per heavy atom. The van der Waals surface area contributed by atoms with Crippen molar-refractivity contribution in [3.05, 3.63) is 108 Å². The molecule has 1 amide bonds. The molecule has 6 nitrogen and oxygen atoms in total. The van der Waals surface area contributed by atoms with E-state index in [2.05, 4.69) is 21.7 Å². The van der Waals surface area contributed by atoms with E-state index < -0.39 is 5.82 Å². The number of amides is 1. The highest BCUT2D eigenvalue weighted by atomic mass is 32.2. The van der Waals surface area contributed by atoms with E-state index >= 15 is 0 Å². The topological polar surface area (TPSA) is 60.2 Å². The van der Waals surface area contributed by atoms with Crippen molar-refractivity contribution in [1.29, 1.82) is 0 Å². The second-order valence-corrected chi connectivity index (χ2v) is 12.5. The maximum Gasteiger partial charge on any atom is 0.233 e. The molecule has 0 aliphatic heterocycles. The van der Waals surface area contributed by atoms with Crippen LogP contribution in [0.15, 0.2) is 90.1 Å². The van der Waals surface area contributed by atoms with Crippen LogP contribution in [0.5, 0.6) is 5.75 Å². The summed E-state index contributed by atoms with van der Waals surface area (Å²) in [5, 5.41) is 9.74. The van der Waals surface area contributed by atoms with Crippen LogP contribution in [0.25, 0.3) is 0 Å². The number of benzene rings is 3. The molecule has 6 rings (SSSR count). The zero-order chi connectivity index (χ0) is 28.9. The van der Waals surface area contributed by atoms with Crippen molar-refractivity contribution in [1.82, 2.24) is 19.7 Å². The summed E-state index contributed by atoms with van der Waals surface area (Å²) in [6, 6.07) is 26.7. The van der Waals surface area contributed by atoms with Gasteiger partial charge in [-0.15, -0.1) is 10.2 Å². The number of aromatic nitrogens is 3. The highest BCUT2D eigenvalue weighted by molar-refractivity contribution is 7.99. The van der Waals surface area contributed by atoms with E-state index in [0.29, 0.717) is 35.9 Å². The SMILES string of the molecule is C[C@H]([C@@H]1C[C@@H]2CC[C@@H]1C2)n1c(COc2ccccc2F)nnc1SCC(=O)N(Cc1ccccc1)Cc1ccccc1. The van der Waals surface area contributed by atoms with Crippen LogP contribution in [0.4, 0.5) is 4.39 Å². The number of carbonyl (C=O) groups excluding carboxylic acids is 1. The zero-order valence-electron chi connectivity index (χ0n) is 23.9. The Bertz CT molecular complexity index is 1440.